The number of thioether (sulfide) groups is 1. The van der Waals surface area contributed by atoms with E-state index in [1.807, 2.05) is 84.7 Å². The van der Waals surface area contributed by atoms with Crippen molar-refractivity contribution in [1.82, 2.24) is 14.3 Å². The van der Waals surface area contributed by atoms with Gasteiger partial charge in [-0.1, -0.05) is 48.2 Å². The molecule has 1 aliphatic heterocycles. The molecule has 160 valence electrons. The Balaban J connectivity index is 1.53. The van der Waals surface area contributed by atoms with Crippen molar-refractivity contribution >= 4 is 45.0 Å². The van der Waals surface area contributed by atoms with Gasteiger partial charge in [-0.3, -0.25) is 19.2 Å². The Labute approximate surface area is 192 Å². The van der Waals surface area contributed by atoms with Crippen molar-refractivity contribution in [2.24, 2.45) is 12.0 Å². The first-order chi connectivity index (χ1) is 15.5. The number of hydrogen-bond donors (Lipinski definition) is 0. The Morgan fingerprint density at radius 2 is 1.62 bits per heavy atom. The van der Waals surface area contributed by atoms with Crippen LogP contribution in [-0.2, 0) is 11.8 Å². The number of benzene rings is 2. The van der Waals surface area contributed by atoms with E-state index in [-0.39, 0.29) is 11.5 Å². The molecule has 0 unspecified atom stereocenters. The van der Waals surface area contributed by atoms with Gasteiger partial charge in [0.1, 0.15) is 0 Å². The number of aliphatic imine (C=N–C) groups is 1. The lowest BCUT2D eigenvalue weighted by Crippen LogP contribution is -2.28. The lowest BCUT2D eigenvalue weighted by Gasteiger charge is -2.15. The van der Waals surface area contributed by atoms with Crippen molar-refractivity contribution in [2.45, 2.75) is 6.92 Å². The van der Waals surface area contributed by atoms with Crippen LogP contribution in [0, 0.1) is 6.92 Å². The molecule has 2 aromatic heterocycles. The van der Waals surface area contributed by atoms with Crippen LogP contribution in [-0.4, -0.2) is 31.2 Å². The molecule has 1 saturated heterocycles. The van der Waals surface area contributed by atoms with E-state index in [1.165, 1.54) is 23.1 Å². The van der Waals surface area contributed by atoms with E-state index in [2.05, 4.69) is 9.98 Å². The van der Waals surface area contributed by atoms with Crippen molar-refractivity contribution in [1.29, 1.82) is 0 Å². The van der Waals surface area contributed by atoms with Crippen LogP contribution in [0.2, 0.25) is 0 Å². The first-order valence-electron chi connectivity index (χ1n) is 9.94. The third-order valence-corrected chi connectivity index (χ3v) is 6.93. The quantitative estimate of drug-likeness (QED) is 0.452. The summed E-state index contributed by atoms with van der Waals surface area (Å²) in [6.07, 6.45) is 0. The van der Waals surface area contributed by atoms with Gasteiger partial charge in [-0.15, -0.1) is 11.3 Å². The molecule has 2 aromatic carbocycles. The molecule has 1 aliphatic rings. The summed E-state index contributed by atoms with van der Waals surface area (Å²) in [4.78, 5) is 36.6. The van der Waals surface area contributed by atoms with Crippen LogP contribution in [0.5, 0.6) is 0 Å². The average Bonchev–Trinajstić information content (AvgIpc) is 3.47. The maximum Gasteiger partial charge on any atom is 0.281 e. The fourth-order valence-electron chi connectivity index (χ4n) is 3.65. The van der Waals surface area contributed by atoms with Gasteiger partial charge in [-0.05, 0) is 31.2 Å². The van der Waals surface area contributed by atoms with Crippen molar-refractivity contribution in [2.75, 3.05) is 10.7 Å². The molecule has 0 aliphatic carbocycles. The fraction of sp³-hybridized carbons (Fsp3) is 0.130. The molecule has 1 amide bonds. The Morgan fingerprint density at radius 1 is 0.969 bits per heavy atom. The van der Waals surface area contributed by atoms with Gasteiger partial charge in [0.2, 0.25) is 11.0 Å². The number of rotatable bonds is 4. The number of para-hydroxylation sites is 2. The molecule has 0 bridgehead atoms. The predicted molar refractivity (Wildman–Crippen MR) is 130 cm³/mol. The second kappa shape index (κ2) is 8.25. The first-order valence-corrected chi connectivity index (χ1v) is 11.8. The van der Waals surface area contributed by atoms with Crippen LogP contribution in [0.25, 0.3) is 16.9 Å². The van der Waals surface area contributed by atoms with Crippen LogP contribution in [0.3, 0.4) is 0 Å². The zero-order chi connectivity index (χ0) is 22.2. The molecule has 9 heteroatoms. The minimum absolute atomic E-state index is 0.0126. The smallest absolute Gasteiger partial charge is 0.281 e. The summed E-state index contributed by atoms with van der Waals surface area (Å²) >= 11 is 2.74. The van der Waals surface area contributed by atoms with E-state index in [4.69, 9.17) is 0 Å². The minimum Gasteiger partial charge on any atom is -0.285 e. The second-order valence-electron chi connectivity index (χ2n) is 7.20. The van der Waals surface area contributed by atoms with Gasteiger partial charge >= 0.3 is 0 Å². The lowest BCUT2D eigenvalue weighted by molar-refractivity contribution is -0.115. The molecule has 5 rings (SSSR count). The number of amidine groups is 1. The van der Waals surface area contributed by atoms with Crippen LogP contribution in [0.15, 0.2) is 75.8 Å². The largest absolute Gasteiger partial charge is 0.285 e. The fourth-order valence-corrected chi connectivity index (χ4v) is 5.26. The van der Waals surface area contributed by atoms with Crippen LogP contribution < -0.4 is 10.5 Å². The van der Waals surface area contributed by atoms with Crippen LogP contribution in [0.4, 0.5) is 10.8 Å². The lowest BCUT2D eigenvalue weighted by atomic mass is 10.2. The van der Waals surface area contributed by atoms with Gasteiger partial charge in [0, 0.05) is 18.1 Å². The van der Waals surface area contributed by atoms with E-state index in [0.29, 0.717) is 27.3 Å². The molecule has 7 nitrogen and oxygen atoms in total. The van der Waals surface area contributed by atoms with Crippen molar-refractivity contribution in [3.8, 4) is 16.9 Å². The van der Waals surface area contributed by atoms with Gasteiger partial charge in [0.15, 0.2) is 5.17 Å². The maximum atomic E-state index is 13.3. The van der Waals surface area contributed by atoms with Crippen molar-refractivity contribution in [3.05, 3.63) is 82.1 Å². The topological polar surface area (TPSA) is 72.5 Å². The highest BCUT2D eigenvalue weighted by Gasteiger charge is 2.30. The van der Waals surface area contributed by atoms with Crippen LogP contribution >= 0.6 is 23.1 Å². The standard InChI is InChI=1S/C23H19N5O2S2/c1-15-20(21(30)28(26(15)2)17-11-7-4-8-12-17)18-13-31-22(24-18)25-23-27(19(29)14-32-23)16-9-5-3-6-10-16/h3-13H,14H2,1-2H3/b25-23-. The zero-order valence-corrected chi connectivity index (χ0v) is 19.1. The van der Waals surface area contributed by atoms with Gasteiger partial charge in [0.25, 0.3) is 5.56 Å². The number of thiazole rings is 1. The average molecular weight is 462 g/mol. The molecule has 0 spiro atoms. The third kappa shape index (κ3) is 3.49. The molecule has 3 heterocycles. The number of hydrogen-bond acceptors (Lipinski definition) is 6. The number of aromatic nitrogens is 3. The van der Waals surface area contributed by atoms with Crippen molar-refractivity contribution in [3.63, 3.8) is 0 Å². The Morgan fingerprint density at radius 3 is 2.31 bits per heavy atom. The molecule has 1 fully saturated rings. The SMILES string of the molecule is Cc1c(-c2csc(/N=C3\SCC(=O)N3c3ccccc3)n2)c(=O)n(-c2ccccc2)n1C. The van der Waals surface area contributed by atoms with Crippen LogP contribution in [0.1, 0.15) is 5.69 Å². The summed E-state index contributed by atoms with van der Waals surface area (Å²) in [6.45, 7) is 1.91. The molecule has 32 heavy (non-hydrogen) atoms. The Hall–Kier alpha value is -3.43. The van der Waals surface area contributed by atoms with E-state index in [9.17, 15) is 9.59 Å². The molecule has 0 N–H and O–H groups in total. The molecule has 0 saturated carbocycles. The van der Waals surface area contributed by atoms with E-state index in [1.54, 1.807) is 9.58 Å². The number of amides is 1. The van der Waals surface area contributed by atoms with Gasteiger partial charge < -0.3 is 0 Å². The molecular formula is C23H19N5O2S2. The summed E-state index contributed by atoms with van der Waals surface area (Å²) in [5.41, 5.74) is 3.40. The molecular weight excluding hydrogens is 442 g/mol. The number of anilines is 1. The highest BCUT2D eigenvalue weighted by atomic mass is 32.2. The van der Waals surface area contributed by atoms with Gasteiger partial charge in [-0.25, -0.2) is 9.67 Å². The monoisotopic (exact) mass is 461 g/mol. The minimum atomic E-state index is -0.128. The number of carbonyl (C=O) groups excluding carboxylic acids is 1. The zero-order valence-electron chi connectivity index (χ0n) is 17.4. The molecule has 0 radical (unpaired) electrons. The van der Waals surface area contributed by atoms with Gasteiger partial charge in [0.05, 0.1) is 28.4 Å². The third-order valence-electron chi connectivity index (χ3n) is 5.27. The first kappa shape index (κ1) is 20.5. The predicted octanol–water partition coefficient (Wildman–Crippen LogP) is 4.38. The van der Waals surface area contributed by atoms with Crippen molar-refractivity contribution < 1.29 is 4.79 Å². The normalized spacial score (nSPS) is 15.1. The summed E-state index contributed by atoms with van der Waals surface area (Å²) in [7, 11) is 1.86. The van der Waals surface area contributed by atoms with E-state index in [0.717, 1.165) is 17.1 Å². The highest BCUT2D eigenvalue weighted by Crippen LogP contribution is 2.32. The summed E-state index contributed by atoms with van der Waals surface area (Å²) in [6, 6.07) is 19.0. The van der Waals surface area contributed by atoms with E-state index < -0.39 is 0 Å². The van der Waals surface area contributed by atoms with Gasteiger partial charge in [-0.2, -0.15) is 4.99 Å². The number of nitrogens with zero attached hydrogens (tertiary/aromatic N) is 5. The molecule has 4 aromatic rings. The summed E-state index contributed by atoms with van der Waals surface area (Å²) in [5.74, 6) is 0.326. The maximum absolute atomic E-state index is 13.3. The van der Waals surface area contributed by atoms with E-state index >= 15 is 0 Å². The Bertz CT molecular complexity index is 1390. The highest BCUT2D eigenvalue weighted by molar-refractivity contribution is 8.15. The molecule has 0 atom stereocenters. The number of carbonyl (C=O) groups is 1. The second-order valence-corrected chi connectivity index (χ2v) is 8.98. The summed E-state index contributed by atoms with van der Waals surface area (Å²) in [5, 5.41) is 2.94. The Kier molecular flexibility index (Phi) is 5.28. The summed E-state index contributed by atoms with van der Waals surface area (Å²) < 4.78 is 3.47.